The lowest BCUT2D eigenvalue weighted by Gasteiger charge is -2.26. The molecular formula is C27H30FN9O2. The molecule has 3 fully saturated rings. The second-order valence-electron chi connectivity index (χ2n) is 11.1. The molecule has 202 valence electrons. The normalized spacial score (nSPS) is 22.6. The van der Waals surface area contributed by atoms with Gasteiger partial charge in [-0.2, -0.15) is 10.1 Å². The fraction of sp³-hybridized carbons (Fsp3) is 0.481. The third-order valence-electron chi connectivity index (χ3n) is 8.77. The van der Waals surface area contributed by atoms with Crippen molar-refractivity contribution >= 4 is 22.9 Å². The molecule has 0 aromatic carbocycles. The molecule has 1 aliphatic heterocycles. The zero-order valence-corrected chi connectivity index (χ0v) is 22.1. The van der Waals surface area contributed by atoms with Gasteiger partial charge in [-0.3, -0.25) is 24.1 Å². The molecule has 1 N–H and O–H groups in total. The molecule has 3 atom stereocenters. The summed E-state index contributed by atoms with van der Waals surface area (Å²) in [7, 11) is 3.61. The molecule has 0 radical (unpaired) electrons. The predicted molar refractivity (Wildman–Crippen MR) is 144 cm³/mol. The molecule has 2 aliphatic carbocycles. The lowest BCUT2D eigenvalue weighted by atomic mass is 10.2. The predicted octanol–water partition coefficient (Wildman–Crippen LogP) is 2.41. The standard InChI is InChI=1S/C27H30FN9O2/c1-14-22-24(37(33-14)15-6-4-5-7-15)31-26(32-25(22)39)36-12-17-18(13-36)23(17)35(3)27-30-20(10-21(38)34(27)2)16-8-9-29-11-19(16)28/h8-11,15,17-18,23H,4-7,12-13H2,1-3H3,(H,31,32,39)/t17-,18+,23+. The summed E-state index contributed by atoms with van der Waals surface area (Å²) in [5.74, 6) is 1.21. The topological polar surface area (TPSA) is 118 Å². The summed E-state index contributed by atoms with van der Waals surface area (Å²) in [6, 6.07) is 3.35. The van der Waals surface area contributed by atoms with Gasteiger partial charge in [0.15, 0.2) is 11.5 Å². The molecule has 0 unspecified atom stereocenters. The molecule has 4 aromatic heterocycles. The Balaban J connectivity index is 1.14. The van der Waals surface area contributed by atoms with Crippen LogP contribution in [0, 0.1) is 24.6 Å². The minimum Gasteiger partial charge on any atom is -0.342 e. The third-order valence-corrected chi connectivity index (χ3v) is 8.77. The molecule has 12 heteroatoms. The van der Waals surface area contributed by atoms with E-state index in [1.165, 1.54) is 35.7 Å². The lowest BCUT2D eigenvalue weighted by molar-refractivity contribution is 0.476. The summed E-state index contributed by atoms with van der Waals surface area (Å²) in [6.45, 7) is 3.34. The van der Waals surface area contributed by atoms with Crippen LogP contribution in [-0.2, 0) is 7.05 Å². The molecule has 11 nitrogen and oxygen atoms in total. The van der Waals surface area contributed by atoms with E-state index >= 15 is 0 Å². The van der Waals surface area contributed by atoms with Gasteiger partial charge in [0.05, 0.1) is 23.6 Å². The number of pyridine rings is 1. The number of halogens is 1. The summed E-state index contributed by atoms with van der Waals surface area (Å²) in [5.41, 5.74) is 1.52. The first-order valence-electron chi connectivity index (χ1n) is 13.5. The van der Waals surface area contributed by atoms with Crippen LogP contribution in [-0.4, -0.2) is 60.5 Å². The minimum absolute atomic E-state index is 0.148. The van der Waals surface area contributed by atoms with E-state index in [0.29, 0.717) is 40.8 Å². The first kappa shape index (κ1) is 24.0. The first-order chi connectivity index (χ1) is 18.8. The Labute approximate surface area is 223 Å². The highest BCUT2D eigenvalue weighted by Crippen LogP contribution is 2.50. The highest BCUT2D eigenvalue weighted by Gasteiger charge is 2.59. The lowest BCUT2D eigenvalue weighted by Crippen LogP contribution is -2.37. The Bertz CT molecular complexity index is 1710. The summed E-state index contributed by atoms with van der Waals surface area (Å²) in [6.07, 6.45) is 7.08. The van der Waals surface area contributed by atoms with E-state index in [-0.39, 0.29) is 28.4 Å². The fourth-order valence-corrected chi connectivity index (χ4v) is 6.69. The number of rotatable bonds is 5. The van der Waals surface area contributed by atoms with E-state index in [2.05, 4.69) is 25.0 Å². The smallest absolute Gasteiger partial charge is 0.263 e. The largest absolute Gasteiger partial charge is 0.342 e. The number of aromatic nitrogens is 7. The summed E-state index contributed by atoms with van der Waals surface area (Å²) in [5, 5.41) is 5.26. The second-order valence-corrected chi connectivity index (χ2v) is 11.1. The zero-order chi connectivity index (χ0) is 27.0. The Hall–Kier alpha value is -4.09. The van der Waals surface area contributed by atoms with Crippen LogP contribution in [0.4, 0.5) is 16.3 Å². The van der Waals surface area contributed by atoms with Crippen molar-refractivity contribution in [3.8, 4) is 11.3 Å². The highest BCUT2D eigenvalue weighted by atomic mass is 19.1. The number of anilines is 2. The number of H-pyrrole nitrogens is 1. The van der Waals surface area contributed by atoms with Crippen molar-refractivity contribution in [1.82, 2.24) is 34.3 Å². The highest BCUT2D eigenvalue weighted by molar-refractivity contribution is 5.78. The van der Waals surface area contributed by atoms with Gasteiger partial charge in [0.25, 0.3) is 11.1 Å². The maximum absolute atomic E-state index is 14.4. The fourth-order valence-electron chi connectivity index (χ4n) is 6.69. The van der Waals surface area contributed by atoms with Crippen molar-refractivity contribution in [1.29, 1.82) is 0 Å². The zero-order valence-electron chi connectivity index (χ0n) is 22.1. The van der Waals surface area contributed by atoms with Gasteiger partial charge in [-0.1, -0.05) is 12.8 Å². The monoisotopic (exact) mass is 531 g/mol. The number of nitrogens with one attached hydrogen (secondary N) is 1. The SMILES string of the molecule is Cc1nn(C2CCCC2)c2nc(N3C[C@@H]4[C@H](C3)[C@H]4N(C)c3nc(-c4ccncc4F)cc(=O)n3C)[nH]c(=O)c12. The van der Waals surface area contributed by atoms with Gasteiger partial charge >= 0.3 is 0 Å². The van der Waals surface area contributed by atoms with E-state index in [1.807, 2.05) is 23.6 Å². The average Bonchev–Trinajstić information content (AvgIpc) is 3.34. The summed E-state index contributed by atoms with van der Waals surface area (Å²) < 4.78 is 17.8. The number of piperidine rings is 1. The van der Waals surface area contributed by atoms with E-state index < -0.39 is 5.82 Å². The second kappa shape index (κ2) is 8.72. The van der Waals surface area contributed by atoms with Crippen molar-refractivity contribution in [2.75, 3.05) is 29.9 Å². The van der Waals surface area contributed by atoms with E-state index in [1.54, 1.807) is 7.05 Å². The molecule has 0 amide bonds. The van der Waals surface area contributed by atoms with Crippen molar-refractivity contribution in [3.63, 3.8) is 0 Å². The third kappa shape index (κ3) is 3.75. The van der Waals surface area contributed by atoms with Gasteiger partial charge < -0.3 is 9.80 Å². The van der Waals surface area contributed by atoms with Gasteiger partial charge in [0.1, 0.15) is 5.39 Å². The summed E-state index contributed by atoms with van der Waals surface area (Å²) in [4.78, 5) is 46.3. The maximum Gasteiger partial charge on any atom is 0.263 e. The number of aromatic amines is 1. The van der Waals surface area contributed by atoms with Crippen LogP contribution in [0.3, 0.4) is 0 Å². The van der Waals surface area contributed by atoms with E-state index in [0.717, 1.165) is 37.8 Å². The molecule has 2 saturated carbocycles. The van der Waals surface area contributed by atoms with Crippen molar-refractivity contribution in [2.24, 2.45) is 18.9 Å². The van der Waals surface area contributed by atoms with Crippen LogP contribution in [0.5, 0.6) is 0 Å². The van der Waals surface area contributed by atoms with Crippen molar-refractivity contribution in [2.45, 2.75) is 44.7 Å². The molecule has 0 spiro atoms. The molecule has 0 bridgehead atoms. The molecule has 39 heavy (non-hydrogen) atoms. The molecule has 3 aliphatic rings. The maximum atomic E-state index is 14.4. The molecule has 4 aromatic rings. The van der Waals surface area contributed by atoms with E-state index in [9.17, 15) is 14.0 Å². The summed E-state index contributed by atoms with van der Waals surface area (Å²) >= 11 is 0. The van der Waals surface area contributed by atoms with Crippen LogP contribution >= 0.6 is 0 Å². The average molecular weight is 532 g/mol. The number of hydrogen-bond acceptors (Lipinski definition) is 8. The van der Waals surface area contributed by atoms with Gasteiger partial charge in [-0.25, -0.2) is 14.1 Å². The van der Waals surface area contributed by atoms with Crippen molar-refractivity contribution in [3.05, 3.63) is 56.7 Å². The van der Waals surface area contributed by atoms with Gasteiger partial charge in [-0.05, 0) is 25.8 Å². The number of nitrogens with zero attached hydrogens (tertiary/aromatic N) is 8. The van der Waals surface area contributed by atoms with Gasteiger partial charge in [0, 0.05) is 62.9 Å². The molecule has 7 rings (SSSR count). The Morgan fingerprint density at radius 2 is 1.87 bits per heavy atom. The van der Waals surface area contributed by atoms with Gasteiger partial charge in [-0.15, -0.1) is 0 Å². The molecule has 5 heterocycles. The van der Waals surface area contributed by atoms with Crippen LogP contribution < -0.4 is 20.9 Å². The first-order valence-corrected chi connectivity index (χ1v) is 13.5. The Morgan fingerprint density at radius 1 is 1.13 bits per heavy atom. The molecular weight excluding hydrogens is 501 g/mol. The number of fused-ring (bicyclic) bond motifs is 2. The van der Waals surface area contributed by atoms with Crippen molar-refractivity contribution < 1.29 is 4.39 Å². The number of hydrogen-bond donors (Lipinski definition) is 1. The minimum atomic E-state index is -0.520. The quantitative estimate of drug-likeness (QED) is 0.417. The van der Waals surface area contributed by atoms with Gasteiger partial charge in [0.2, 0.25) is 11.9 Å². The van der Waals surface area contributed by atoms with E-state index in [4.69, 9.17) is 4.98 Å². The van der Waals surface area contributed by atoms with Crippen LogP contribution in [0.1, 0.15) is 37.4 Å². The van der Waals surface area contributed by atoms with Crippen LogP contribution in [0.25, 0.3) is 22.3 Å². The Kier molecular flexibility index (Phi) is 5.36. The number of aryl methyl sites for hydroxylation is 1. The molecule has 1 saturated heterocycles. The Morgan fingerprint density at radius 3 is 2.59 bits per heavy atom. The van der Waals surface area contributed by atoms with Crippen LogP contribution in [0.2, 0.25) is 0 Å². The van der Waals surface area contributed by atoms with Crippen LogP contribution in [0.15, 0.2) is 34.1 Å².